The van der Waals surface area contributed by atoms with Crippen LogP contribution in [-0.4, -0.2) is 72.2 Å². The van der Waals surface area contributed by atoms with Crippen molar-refractivity contribution in [3.63, 3.8) is 0 Å². The van der Waals surface area contributed by atoms with Crippen LogP contribution in [0.5, 0.6) is 5.75 Å². The molecule has 0 radical (unpaired) electrons. The molecule has 0 bridgehead atoms. The smallest absolute Gasteiger partial charge is 0.330 e. The van der Waals surface area contributed by atoms with Crippen molar-refractivity contribution < 1.29 is 23.5 Å². The van der Waals surface area contributed by atoms with E-state index in [0.29, 0.717) is 72.5 Å². The molecular formula is C29H32ClFN6O4. The fourth-order valence-electron chi connectivity index (χ4n) is 4.49. The lowest BCUT2D eigenvalue weighted by Crippen LogP contribution is -2.57. The highest BCUT2D eigenvalue weighted by atomic mass is 35.5. The molecule has 3 aromatic rings. The van der Waals surface area contributed by atoms with Gasteiger partial charge in [-0.1, -0.05) is 17.7 Å². The van der Waals surface area contributed by atoms with E-state index in [4.69, 9.17) is 21.1 Å². The van der Waals surface area contributed by atoms with E-state index in [2.05, 4.69) is 25.9 Å². The minimum atomic E-state index is -0.654. The summed E-state index contributed by atoms with van der Waals surface area (Å²) in [5.41, 5.74) is 1.95. The number of halogens is 2. The number of esters is 1. The molecule has 2 aliphatic rings. The molecule has 1 amide bonds. The number of benzene rings is 2. The number of nitrogens with one attached hydrogen (secondary N) is 3. The highest BCUT2D eigenvalue weighted by Crippen LogP contribution is 2.36. The maximum Gasteiger partial charge on any atom is 0.330 e. The van der Waals surface area contributed by atoms with Gasteiger partial charge in [-0.25, -0.2) is 19.2 Å². The molecule has 1 aromatic heterocycles. The van der Waals surface area contributed by atoms with Gasteiger partial charge in [0.05, 0.1) is 29.4 Å². The summed E-state index contributed by atoms with van der Waals surface area (Å²) in [5.74, 6) is 0.532. The van der Waals surface area contributed by atoms with Gasteiger partial charge in [-0.3, -0.25) is 4.79 Å². The van der Waals surface area contributed by atoms with Gasteiger partial charge in [-0.15, -0.1) is 0 Å². The molecule has 216 valence electrons. The summed E-state index contributed by atoms with van der Waals surface area (Å²) in [6.45, 7) is 4.32. The third kappa shape index (κ3) is 7.22. The van der Waals surface area contributed by atoms with Gasteiger partial charge in [0.2, 0.25) is 5.91 Å². The fourth-order valence-corrected chi connectivity index (χ4v) is 4.67. The van der Waals surface area contributed by atoms with Crippen LogP contribution in [0.15, 0.2) is 48.8 Å². The van der Waals surface area contributed by atoms with Gasteiger partial charge in [0.15, 0.2) is 0 Å². The summed E-state index contributed by atoms with van der Waals surface area (Å²) in [5, 5.41) is 10.4. The van der Waals surface area contributed by atoms with Crippen LogP contribution in [-0.2, 0) is 14.3 Å². The Hall–Kier alpha value is -3.96. The summed E-state index contributed by atoms with van der Waals surface area (Å²) in [6.07, 6.45) is 6.92. The Labute approximate surface area is 242 Å². The van der Waals surface area contributed by atoms with E-state index in [1.54, 1.807) is 19.1 Å². The Bertz CT molecular complexity index is 1450. The second-order valence-corrected chi connectivity index (χ2v) is 10.3. The highest BCUT2D eigenvalue weighted by molar-refractivity contribution is 6.31. The van der Waals surface area contributed by atoms with Crippen molar-refractivity contribution >= 4 is 51.6 Å². The number of ether oxygens (including phenoxy) is 2. The lowest BCUT2D eigenvalue weighted by atomic mass is 10.1. The molecule has 1 atom stereocenters. The van der Waals surface area contributed by atoms with Gasteiger partial charge < -0.3 is 30.3 Å². The average Bonchev–Trinajstić information content (AvgIpc) is 3.81. The van der Waals surface area contributed by atoms with Gasteiger partial charge in [-0.2, -0.15) is 0 Å². The number of nitrogens with zero attached hydrogens (tertiary/aromatic N) is 3. The third-order valence-electron chi connectivity index (χ3n) is 6.85. The minimum Gasteiger partial charge on any atom is -0.491 e. The second-order valence-electron chi connectivity index (χ2n) is 9.88. The molecule has 1 unspecified atom stereocenters. The zero-order valence-electron chi connectivity index (χ0n) is 22.7. The maximum absolute atomic E-state index is 13.7. The van der Waals surface area contributed by atoms with Crippen molar-refractivity contribution in [3.05, 3.63) is 59.7 Å². The number of amides is 1. The number of carbonyl (C=O) groups excluding carboxylic acids is 2. The lowest BCUT2D eigenvalue weighted by molar-refractivity contribution is -0.154. The van der Waals surface area contributed by atoms with E-state index in [1.165, 1.54) is 29.4 Å². The topological polar surface area (TPSA) is 118 Å². The fraction of sp³-hybridized carbons (Fsp3) is 0.379. The lowest BCUT2D eigenvalue weighted by Gasteiger charge is -2.33. The van der Waals surface area contributed by atoms with E-state index < -0.39 is 17.8 Å². The molecule has 2 heterocycles. The Morgan fingerprint density at radius 3 is 2.88 bits per heavy atom. The predicted octanol–water partition coefficient (Wildman–Crippen LogP) is 4.29. The van der Waals surface area contributed by atoms with Crippen LogP contribution in [0.25, 0.3) is 10.9 Å². The van der Waals surface area contributed by atoms with Crippen LogP contribution < -0.4 is 20.7 Å². The van der Waals surface area contributed by atoms with E-state index in [9.17, 15) is 14.0 Å². The van der Waals surface area contributed by atoms with Gasteiger partial charge >= 0.3 is 5.97 Å². The molecule has 1 aliphatic heterocycles. The number of piperazine rings is 1. The zero-order chi connectivity index (χ0) is 28.8. The molecule has 1 saturated heterocycles. The molecule has 2 fully saturated rings. The summed E-state index contributed by atoms with van der Waals surface area (Å²) >= 11 is 5.96. The number of hydrogen-bond donors (Lipinski definition) is 3. The molecule has 10 nitrogen and oxygen atoms in total. The number of rotatable bonds is 11. The van der Waals surface area contributed by atoms with Gasteiger partial charge in [0, 0.05) is 49.4 Å². The van der Waals surface area contributed by atoms with E-state index in [-0.39, 0.29) is 17.5 Å². The quantitative estimate of drug-likeness (QED) is 0.225. The van der Waals surface area contributed by atoms with Crippen molar-refractivity contribution in [2.24, 2.45) is 5.92 Å². The third-order valence-corrected chi connectivity index (χ3v) is 7.14. The second kappa shape index (κ2) is 13.1. The van der Waals surface area contributed by atoms with Crippen LogP contribution in [0.3, 0.4) is 0 Å². The highest BCUT2D eigenvalue weighted by Gasteiger charge is 2.32. The molecule has 41 heavy (non-hydrogen) atoms. The number of aromatic nitrogens is 2. The molecule has 5 rings (SSSR count). The Kier molecular flexibility index (Phi) is 9.15. The monoisotopic (exact) mass is 582 g/mol. The van der Waals surface area contributed by atoms with Crippen LogP contribution in [0.1, 0.15) is 19.8 Å². The van der Waals surface area contributed by atoms with E-state index >= 15 is 0 Å². The SMILES string of the molecule is CCOC(=O)C1CNCCN1C(=O)C=CCNc1cc2c(Nc3ccc(F)c(Cl)c3)ncnc2cc1OCC1CC1. The predicted molar refractivity (Wildman–Crippen MR) is 155 cm³/mol. The van der Waals surface area contributed by atoms with Crippen LogP contribution in [0.4, 0.5) is 21.6 Å². The maximum atomic E-state index is 13.7. The van der Waals surface area contributed by atoms with Gasteiger partial charge in [-0.05, 0) is 49.9 Å². The average molecular weight is 583 g/mol. The molecule has 1 saturated carbocycles. The molecule has 2 aromatic carbocycles. The number of hydrogen-bond acceptors (Lipinski definition) is 9. The molecule has 0 spiro atoms. The zero-order valence-corrected chi connectivity index (χ0v) is 23.4. The molecule has 1 aliphatic carbocycles. The Balaban J connectivity index is 1.33. The van der Waals surface area contributed by atoms with Crippen molar-refractivity contribution in [1.82, 2.24) is 20.2 Å². The van der Waals surface area contributed by atoms with Crippen molar-refractivity contribution in [3.8, 4) is 5.75 Å². The first-order valence-corrected chi connectivity index (χ1v) is 14.0. The Morgan fingerprint density at radius 2 is 2.10 bits per heavy atom. The number of anilines is 3. The van der Waals surface area contributed by atoms with E-state index in [0.717, 1.165) is 12.8 Å². The molecule has 12 heteroatoms. The van der Waals surface area contributed by atoms with Crippen molar-refractivity contribution in [2.75, 3.05) is 50.0 Å². The van der Waals surface area contributed by atoms with Crippen molar-refractivity contribution in [1.29, 1.82) is 0 Å². The van der Waals surface area contributed by atoms with Gasteiger partial charge in [0.25, 0.3) is 0 Å². The van der Waals surface area contributed by atoms with Crippen LogP contribution in [0, 0.1) is 11.7 Å². The summed E-state index contributed by atoms with van der Waals surface area (Å²) in [4.78, 5) is 35.6. The first kappa shape index (κ1) is 28.6. The number of carbonyl (C=O) groups is 2. The first-order chi connectivity index (χ1) is 19.9. The van der Waals surface area contributed by atoms with Crippen molar-refractivity contribution in [2.45, 2.75) is 25.8 Å². The van der Waals surface area contributed by atoms with Crippen LogP contribution in [0.2, 0.25) is 5.02 Å². The Morgan fingerprint density at radius 1 is 1.24 bits per heavy atom. The first-order valence-electron chi connectivity index (χ1n) is 13.6. The molecular weight excluding hydrogens is 551 g/mol. The van der Waals surface area contributed by atoms with E-state index in [1.807, 2.05) is 12.1 Å². The summed E-state index contributed by atoms with van der Waals surface area (Å²) in [6, 6.07) is 7.43. The normalized spacial score (nSPS) is 17.0. The standard InChI is InChI=1S/C29H32ClFN6O4/c1-2-40-29(39)25-15-32-10-11-37(25)27(38)4-3-9-33-24-13-20-23(14-26(24)41-16-18-5-6-18)34-17-35-28(20)36-19-7-8-22(31)21(30)12-19/h3-4,7-8,12-14,17-18,25,32-33H,2,5-6,9-11,15-16H2,1H3,(H,34,35,36). The molecule has 3 N–H and O–H groups in total. The largest absolute Gasteiger partial charge is 0.491 e. The minimum absolute atomic E-state index is 0.00204. The van der Waals surface area contributed by atoms with Gasteiger partial charge in [0.1, 0.15) is 29.8 Å². The summed E-state index contributed by atoms with van der Waals surface area (Å²) < 4.78 is 24.9. The van der Waals surface area contributed by atoms with Crippen LogP contribution >= 0.6 is 11.6 Å². The summed E-state index contributed by atoms with van der Waals surface area (Å²) in [7, 11) is 0. The number of fused-ring (bicyclic) bond motifs is 1.